The van der Waals surface area contributed by atoms with Crippen LogP contribution in [0, 0.1) is 0 Å². The van der Waals surface area contributed by atoms with Crippen molar-refractivity contribution in [3.63, 3.8) is 0 Å². The van der Waals surface area contributed by atoms with Crippen molar-refractivity contribution >= 4 is 13.2 Å². The van der Waals surface area contributed by atoms with Gasteiger partial charge in [0.05, 0.1) is 0 Å². The van der Waals surface area contributed by atoms with Gasteiger partial charge < -0.3 is 22.0 Å². The van der Waals surface area contributed by atoms with Crippen molar-refractivity contribution in [2.24, 2.45) is 0 Å². The number of esters is 1. The summed E-state index contributed by atoms with van der Waals surface area (Å²) >= 11 is 0. The van der Waals surface area contributed by atoms with Gasteiger partial charge in [-0.25, -0.2) is 4.79 Å². The monoisotopic (exact) mass is 403 g/mol. The Bertz CT molecular complexity index is 989. The summed E-state index contributed by atoms with van der Waals surface area (Å²) in [6, 6.07) is 24.4. The van der Waals surface area contributed by atoms with E-state index in [0.717, 1.165) is 22.4 Å². The van der Waals surface area contributed by atoms with Gasteiger partial charge in [-0.15, -0.1) is 0 Å². The van der Waals surface area contributed by atoms with Gasteiger partial charge >= 0.3 is 13.2 Å². The first-order valence-electron chi connectivity index (χ1n) is 8.99. The summed E-state index contributed by atoms with van der Waals surface area (Å²) in [7, 11) is -6.00. The quantitative estimate of drug-likeness (QED) is 0.256. The van der Waals surface area contributed by atoms with Crippen LogP contribution in [-0.2, 0) is 11.3 Å². The lowest BCUT2D eigenvalue weighted by molar-refractivity contribution is -0.700. The van der Waals surface area contributed by atoms with Crippen molar-refractivity contribution in [1.29, 1.82) is 0 Å². The number of halogens is 4. The fourth-order valence-corrected chi connectivity index (χ4v) is 3.17. The molecule has 3 aromatic rings. The third-order valence-electron chi connectivity index (χ3n) is 4.30. The molecule has 0 spiro atoms. The number of fused-ring (bicyclic) bond motifs is 1. The minimum atomic E-state index is -6.00. The largest absolute Gasteiger partial charge is 0.673 e. The van der Waals surface area contributed by atoms with E-state index in [1.807, 2.05) is 49.4 Å². The normalized spacial score (nSPS) is 15.6. The highest BCUT2D eigenvalue weighted by Crippen LogP contribution is 2.26. The molecule has 0 radical (unpaired) electrons. The van der Waals surface area contributed by atoms with Crippen molar-refractivity contribution in [2.75, 3.05) is 0 Å². The van der Waals surface area contributed by atoms with E-state index in [1.165, 1.54) is 0 Å². The zero-order valence-electron chi connectivity index (χ0n) is 15.6. The van der Waals surface area contributed by atoms with Gasteiger partial charge in [0, 0.05) is 17.7 Å². The van der Waals surface area contributed by atoms with Gasteiger partial charge in [-0.05, 0) is 30.2 Å². The summed E-state index contributed by atoms with van der Waals surface area (Å²) in [4.78, 5) is 12.4. The Morgan fingerprint density at radius 3 is 1.86 bits per heavy atom. The maximum absolute atomic E-state index is 12.4. The number of ether oxygens (including phenoxy) is 1. The van der Waals surface area contributed by atoms with E-state index in [4.69, 9.17) is 4.74 Å². The van der Waals surface area contributed by atoms with Gasteiger partial charge in [0.1, 0.15) is 0 Å². The van der Waals surface area contributed by atoms with E-state index >= 15 is 0 Å². The van der Waals surface area contributed by atoms with Gasteiger partial charge in [-0.2, -0.15) is 4.57 Å². The molecule has 4 rings (SSSR count). The van der Waals surface area contributed by atoms with Gasteiger partial charge in [-0.3, -0.25) is 0 Å². The molecule has 0 fully saturated rings. The second-order valence-electron chi connectivity index (χ2n) is 6.57. The number of hydrogen-bond acceptors (Lipinski definition) is 2. The molecule has 1 aliphatic heterocycles. The number of nitrogens with zero attached hydrogens (tertiary/aromatic N) is 1. The Morgan fingerprint density at radius 2 is 1.31 bits per heavy atom. The number of rotatable bonds is 2. The Balaban J connectivity index is 0.000000431. The first kappa shape index (κ1) is 20.6. The van der Waals surface area contributed by atoms with Crippen molar-refractivity contribution in [2.45, 2.75) is 19.6 Å². The second kappa shape index (κ2) is 8.47. The van der Waals surface area contributed by atoms with E-state index in [9.17, 15) is 22.1 Å². The summed E-state index contributed by atoms with van der Waals surface area (Å²) in [5.74, 6) is -0.260. The van der Waals surface area contributed by atoms with Gasteiger partial charge in [-0.1, -0.05) is 48.5 Å². The van der Waals surface area contributed by atoms with Crippen LogP contribution < -0.4 is 4.57 Å². The SMILES string of the molecule is CC1C[n+]2c(cc(-c3ccccc3)cc2-c2ccccc2)C(=O)O1.F[B-](F)(F)F. The number of cyclic esters (lactones) is 1. The highest BCUT2D eigenvalue weighted by molar-refractivity contribution is 6.50. The molecule has 0 amide bonds. The lowest BCUT2D eigenvalue weighted by Gasteiger charge is -2.19. The summed E-state index contributed by atoms with van der Waals surface area (Å²) in [5, 5.41) is 0. The molecule has 0 saturated heterocycles. The Hall–Kier alpha value is -3.16. The predicted octanol–water partition coefficient (Wildman–Crippen LogP) is 5.17. The van der Waals surface area contributed by atoms with Gasteiger partial charge in [0.25, 0.3) is 5.69 Å². The van der Waals surface area contributed by atoms with Crippen molar-refractivity contribution in [1.82, 2.24) is 0 Å². The topological polar surface area (TPSA) is 30.2 Å². The van der Waals surface area contributed by atoms with Crippen LogP contribution in [0.4, 0.5) is 17.3 Å². The zero-order valence-corrected chi connectivity index (χ0v) is 15.6. The number of aromatic nitrogens is 1. The summed E-state index contributed by atoms with van der Waals surface area (Å²) in [6.45, 7) is 2.59. The molecule has 0 N–H and O–H groups in total. The molecule has 1 aliphatic rings. The number of benzene rings is 2. The van der Waals surface area contributed by atoms with Gasteiger partial charge in [0.15, 0.2) is 12.6 Å². The maximum atomic E-state index is 12.4. The zero-order chi connectivity index (χ0) is 21.0. The molecule has 0 aliphatic carbocycles. The molecule has 2 heterocycles. The van der Waals surface area contributed by atoms with Crippen molar-refractivity contribution < 1.29 is 31.4 Å². The van der Waals surface area contributed by atoms with Crippen LogP contribution in [0.3, 0.4) is 0 Å². The molecular weight excluding hydrogens is 385 g/mol. The molecular formula is C21H18BF4NO2. The molecule has 0 saturated carbocycles. The number of pyridine rings is 1. The number of hydrogen-bond donors (Lipinski definition) is 0. The minimum Gasteiger partial charge on any atom is -0.448 e. The van der Waals surface area contributed by atoms with E-state index in [0.29, 0.717) is 12.2 Å². The van der Waals surface area contributed by atoms with E-state index in [2.05, 4.69) is 34.9 Å². The fraction of sp³-hybridized carbons (Fsp3) is 0.143. The Kier molecular flexibility index (Phi) is 6.01. The third-order valence-corrected chi connectivity index (χ3v) is 4.30. The highest BCUT2D eigenvalue weighted by Gasteiger charge is 2.34. The van der Waals surface area contributed by atoms with E-state index in [-0.39, 0.29) is 12.1 Å². The molecule has 1 atom stereocenters. The van der Waals surface area contributed by atoms with Crippen LogP contribution in [0.25, 0.3) is 22.4 Å². The second-order valence-corrected chi connectivity index (χ2v) is 6.57. The smallest absolute Gasteiger partial charge is 0.448 e. The first-order valence-corrected chi connectivity index (χ1v) is 8.99. The molecule has 0 bridgehead atoms. The van der Waals surface area contributed by atoms with Crippen LogP contribution in [0.15, 0.2) is 72.8 Å². The standard InChI is InChI=1S/C21H18NO2.BF4/c1-15-14-22-19(17-10-6-3-7-11-17)12-18(13-20(22)21(23)24-15)16-8-4-2-5-9-16;2-1(3,4)5/h2-13,15H,14H2,1H3;/q+1;-1. The van der Waals surface area contributed by atoms with Crippen molar-refractivity contribution in [3.8, 4) is 22.4 Å². The van der Waals surface area contributed by atoms with Crippen molar-refractivity contribution in [3.05, 3.63) is 78.5 Å². The highest BCUT2D eigenvalue weighted by atomic mass is 19.5. The number of carbonyl (C=O) groups is 1. The molecule has 150 valence electrons. The molecule has 8 heteroatoms. The van der Waals surface area contributed by atoms with E-state index in [1.54, 1.807) is 0 Å². The Morgan fingerprint density at radius 1 is 0.828 bits per heavy atom. The molecule has 1 aromatic heterocycles. The summed E-state index contributed by atoms with van der Waals surface area (Å²) in [5.41, 5.74) is 4.85. The van der Waals surface area contributed by atoms with Crippen LogP contribution >= 0.6 is 0 Å². The molecule has 1 unspecified atom stereocenters. The molecule has 2 aromatic carbocycles. The average Bonchev–Trinajstić information content (AvgIpc) is 2.67. The van der Waals surface area contributed by atoms with Crippen LogP contribution in [-0.4, -0.2) is 19.3 Å². The summed E-state index contributed by atoms with van der Waals surface area (Å²) < 4.78 is 46.5. The lowest BCUT2D eigenvalue weighted by Crippen LogP contribution is -2.52. The molecule has 3 nitrogen and oxygen atoms in total. The fourth-order valence-electron chi connectivity index (χ4n) is 3.17. The maximum Gasteiger partial charge on any atom is 0.673 e. The molecule has 29 heavy (non-hydrogen) atoms. The minimum absolute atomic E-state index is 0.125. The number of carbonyl (C=O) groups excluding carboxylic acids is 1. The summed E-state index contributed by atoms with van der Waals surface area (Å²) in [6.07, 6.45) is -0.125. The third kappa shape index (κ3) is 5.43. The van der Waals surface area contributed by atoms with Crippen LogP contribution in [0.1, 0.15) is 17.4 Å². The van der Waals surface area contributed by atoms with Crippen LogP contribution in [0.5, 0.6) is 0 Å². The first-order chi connectivity index (χ1) is 13.7. The lowest BCUT2D eigenvalue weighted by atomic mass is 10.0. The Labute approximate surface area is 165 Å². The average molecular weight is 403 g/mol. The predicted molar refractivity (Wildman–Crippen MR) is 103 cm³/mol. The van der Waals surface area contributed by atoms with Crippen LogP contribution in [0.2, 0.25) is 0 Å². The van der Waals surface area contributed by atoms with Gasteiger partial charge in [0.2, 0.25) is 5.69 Å². The van der Waals surface area contributed by atoms with E-state index < -0.39 is 7.25 Å².